The first kappa shape index (κ1) is 13.2. The second kappa shape index (κ2) is 5.66. The summed E-state index contributed by atoms with van der Waals surface area (Å²) in [6, 6.07) is 13.6. The van der Waals surface area contributed by atoms with E-state index >= 15 is 0 Å². The molecule has 21 heavy (non-hydrogen) atoms. The second-order valence-electron chi connectivity index (χ2n) is 4.68. The molecule has 3 rings (SSSR count). The number of hydrogen-bond donors (Lipinski definition) is 2. The predicted octanol–water partition coefficient (Wildman–Crippen LogP) is 2.83. The Kier molecular flexibility index (Phi) is 3.55. The maximum absolute atomic E-state index is 5.89. The molecule has 0 aliphatic heterocycles. The first-order valence-corrected chi connectivity index (χ1v) is 6.64. The average Bonchev–Trinajstić information content (AvgIpc) is 2.53. The van der Waals surface area contributed by atoms with E-state index < -0.39 is 0 Å². The normalized spacial score (nSPS) is 10.5. The SMILES string of the molecule is COc1ccc(CNc2ncc3ccccc3n2)cc1N. The summed E-state index contributed by atoms with van der Waals surface area (Å²) in [5.74, 6) is 1.28. The van der Waals surface area contributed by atoms with E-state index in [1.165, 1.54) is 0 Å². The smallest absolute Gasteiger partial charge is 0.223 e. The Morgan fingerprint density at radius 3 is 2.86 bits per heavy atom. The van der Waals surface area contributed by atoms with Crippen LogP contribution in [0, 0.1) is 0 Å². The monoisotopic (exact) mass is 280 g/mol. The molecule has 5 nitrogen and oxygen atoms in total. The summed E-state index contributed by atoms with van der Waals surface area (Å²) < 4.78 is 5.14. The number of nitrogen functional groups attached to an aromatic ring is 1. The molecule has 0 unspecified atom stereocenters. The van der Waals surface area contributed by atoms with Crippen LogP contribution in [0.5, 0.6) is 5.75 Å². The summed E-state index contributed by atoms with van der Waals surface area (Å²) in [6.07, 6.45) is 1.81. The lowest BCUT2D eigenvalue weighted by molar-refractivity contribution is 0.417. The first-order valence-electron chi connectivity index (χ1n) is 6.64. The highest BCUT2D eigenvalue weighted by atomic mass is 16.5. The molecule has 106 valence electrons. The molecule has 3 N–H and O–H groups in total. The van der Waals surface area contributed by atoms with Gasteiger partial charge < -0.3 is 15.8 Å². The number of fused-ring (bicyclic) bond motifs is 1. The van der Waals surface area contributed by atoms with Gasteiger partial charge in [-0.1, -0.05) is 24.3 Å². The van der Waals surface area contributed by atoms with Crippen LogP contribution in [0.1, 0.15) is 5.56 Å². The number of hydrogen-bond acceptors (Lipinski definition) is 5. The number of aromatic nitrogens is 2. The maximum atomic E-state index is 5.89. The predicted molar refractivity (Wildman–Crippen MR) is 84.3 cm³/mol. The van der Waals surface area contributed by atoms with Crippen LogP contribution in [0.3, 0.4) is 0 Å². The topological polar surface area (TPSA) is 73.1 Å². The fraction of sp³-hybridized carbons (Fsp3) is 0.125. The molecule has 0 saturated heterocycles. The molecular weight excluding hydrogens is 264 g/mol. The Balaban J connectivity index is 1.75. The fourth-order valence-corrected chi connectivity index (χ4v) is 2.13. The van der Waals surface area contributed by atoms with Crippen molar-refractivity contribution in [3.63, 3.8) is 0 Å². The zero-order valence-corrected chi connectivity index (χ0v) is 11.7. The van der Waals surface area contributed by atoms with Gasteiger partial charge in [-0.3, -0.25) is 0 Å². The van der Waals surface area contributed by atoms with Crippen molar-refractivity contribution in [2.45, 2.75) is 6.54 Å². The zero-order chi connectivity index (χ0) is 14.7. The van der Waals surface area contributed by atoms with E-state index in [4.69, 9.17) is 10.5 Å². The quantitative estimate of drug-likeness (QED) is 0.719. The van der Waals surface area contributed by atoms with E-state index in [1.807, 2.05) is 48.7 Å². The van der Waals surface area contributed by atoms with Crippen molar-refractivity contribution in [1.82, 2.24) is 9.97 Å². The van der Waals surface area contributed by atoms with E-state index in [9.17, 15) is 0 Å². The lowest BCUT2D eigenvalue weighted by atomic mass is 10.2. The number of nitrogens with two attached hydrogens (primary N) is 1. The maximum Gasteiger partial charge on any atom is 0.223 e. The lowest BCUT2D eigenvalue weighted by Gasteiger charge is -2.08. The molecule has 1 aromatic heterocycles. The van der Waals surface area contributed by atoms with Crippen molar-refractivity contribution in [3.05, 3.63) is 54.2 Å². The van der Waals surface area contributed by atoms with Gasteiger partial charge in [0.1, 0.15) is 5.75 Å². The molecule has 1 heterocycles. The molecule has 0 fully saturated rings. The fourth-order valence-electron chi connectivity index (χ4n) is 2.13. The highest BCUT2D eigenvalue weighted by Crippen LogP contribution is 2.22. The summed E-state index contributed by atoms with van der Waals surface area (Å²) in [7, 11) is 1.60. The van der Waals surface area contributed by atoms with Gasteiger partial charge in [0, 0.05) is 18.1 Å². The summed E-state index contributed by atoms with van der Waals surface area (Å²) >= 11 is 0. The highest BCUT2D eigenvalue weighted by Gasteiger charge is 2.02. The minimum atomic E-state index is 0.600. The number of benzene rings is 2. The van der Waals surface area contributed by atoms with Crippen LogP contribution in [0.2, 0.25) is 0 Å². The molecule has 0 radical (unpaired) electrons. The third-order valence-electron chi connectivity index (χ3n) is 3.23. The minimum absolute atomic E-state index is 0.600. The van der Waals surface area contributed by atoms with Gasteiger partial charge in [0.15, 0.2) is 0 Å². The van der Waals surface area contributed by atoms with Gasteiger partial charge in [0.05, 0.1) is 18.3 Å². The molecule has 5 heteroatoms. The first-order chi connectivity index (χ1) is 10.3. The zero-order valence-electron chi connectivity index (χ0n) is 11.7. The summed E-state index contributed by atoms with van der Waals surface area (Å²) in [4.78, 5) is 8.77. The van der Waals surface area contributed by atoms with Crippen molar-refractivity contribution >= 4 is 22.5 Å². The molecule has 0 amide bonds. The van der Waals surface area contributed by atoms with Gasteiger partial charge in [-0.15, -0.1) is 0 Å². The molecule has 3 aromatic rings. The Hall–Kier alpha value is -2.82. The number of para-hydroxylation sites is 1. The molecule has 0 aliphatic rings. The standard InChI is InChI=1S/C16H16N4O/c1-21-15-7-6-11(8-13(15)17)9-18-16-19-10-12-4-2-3-5-14(12)20-16/h2-8,10H,9,17H2,1H3,(H,18,19,20). The van der Waals surface area contributed by atoms with Crippen LogP contribution >= 0.6 is 0 Å². The molecule has 2 aromatic carbocycles. The van der Waals surface area contributed by atoms with Crippen LogP contribution in [0.15, 0.2) is 48.7 Å². The van der Waals surface area contributed by atoms with E-state index in [1.54, 1.807) is 7.11 Å². The van der Waals surface area contributed by atoms with Crippen LogP contribution in [0.25, 0.3) is 10.9 Å². The van der Waals surface area contributed by atoms with Gasteiger partial charge in [-0.2, -0.15) is 0 Å². The molecule has 0 spiro atoms. The van der Waals surface area contributed by atoms with Gasteiger partial charge in [0.2, 0.25) is 5.95 Å². The minimum Gasteiger partial charge on any atom is -0.495 e. The summed E-state index contributed by atoms with van der Waals surface area (Å²) in [5.41, 5.74) is 8.48. The van der Waals surface area contributed by atoms with Crippen molar-refractivity contribution in [2.24, 2.45) is 0 Å². The Bertz CT molecular complexity index is 773. The van der Waals surface area contributed by atoms with Gasteiger partial charge in [-0.25, -0.2) is 9.97 Å². The molecular formula is C16H16N4O. The van der Waals surface area contributed by atoms with E-state index in [2.05, 4.69) is 15.3 Å². The average molecular weight is 280 g/mol. The van der Waals surface area contributed by atoms with Crippen molar-refractivity contribution in [3.8, 4) is 5.75 Å². The van der Waals surface area contributed by atoms with Gasteiger partial charge in [0.25, 0.3) is 0 Å². The molecule has 0 atom stereocenters. The third-order valence-corrected chi connectivity index (χ3v) is 3.23. The number of anilines is 2. The van der Waals surface area contributed by atoms with Crippen LogP contribution < -0.4 is 15.8 Å². The van der Waals surface area contributed by atoms with E-state index in [-0.39, 0.29) is 0 Å². The molecule has 0 saturated carbocycles. The number of ether oxygens (including phenoxy) is 1. The van der Waals surface area contributed by atoms with Crippen LogP contribution in [-0.4, -0.2) is 17.1 Å². The second-order valence-corrected chi connectivity index (χ2v) is 4.68. The van der Waals surface area contributed by atoms with Crippen molar-refractivity contribution < 1.29 is 4.74 Å². The molecule has 0 aliphatic carbocycles. The van der Waals surface area contributed by atoms with Crippen molar-refractivity contribution in [1.29, 1.82) is 0 Å². The summed E-state index contributed by atoms with van der Waals surface area (Å²) in [5, 5.41) is 4.22. The number of methoxy groups -OCH3 is 1. The Morgan fingerprint density at radius 1 is 1.19 bits per heavy atom. The van der Waals surface area contributed by atoms with Crippen molar-refractivity contribution in [2.75, 3.05) is 18.2 Å². The highest BCUT2D eigenvalue weighted by molar-refractivity contribution is 5.78. The Morgan fingerprint density at radius 2 is 2.05 bits per heavy atom. The largest absolute Gasteiger partial charge is 0.495 e. The number of rotatable bonds is 4. The van der Waals surface area contributed by atoms with Gasteiger partial charge >= 0.3 is 0 Å². The van der Waals surface area contributed by atoms with E-state index in [0.717, 1.165) is 16.5 Å². The summed E-state index contributed by atoms with van der Waals surface area (Å²) in [6.45, 7) is 0.604. The van der Waals surface area contributed by atoms with Gasteiger partial charge in [-0.05, 0) is 23.8 Å². The third kappa shape index (κ3) is 2.86. The molecule has 0 bridgehead atoms. The Labute approximate surface area is 122 Å². The van der Waals surface area contributed by atoms with E-state index in [0.29, 0.717) is 23.9 Å². The number of nitrogens with one attached hydrogen (secondary N) is 1. The number of nitrogens with zero attached hydrogens (tertiary/aromatic N) is 2. The van der Waals surface area contributed by atoms with Crippen LogP contribution in [-0.2, 0) is 6.54 Å². The lowest BCUT2D eigenvalue weighted by Crippen LogP contribution is -2.04. The van der Waals surface area contributed by atoms with Crippen LogP contribution in [0.4, 0.5) is 11.6 Å².